The summed E-state index contributed by atoms with van der Waals surface area (Å²) < 4.78 is 5.21. The molecule has 3 nitrogen and oxygen atoms in total. The van der Waals surface area contributed by atoms with Gasteiger partial charge in [0.2, 0.25) is 0 Å². The molecule has 0 saturated heterocycles. The van der Waals surface area contributed by atoms with Gasteiger partial charge in [-0.3, -0.25) is 10.1 Å². The van der Waals surface area contributed by atoms with Crippen molar-refractivity contribution in [3.63, 3.8) is 0 Å². The largest absolute Gasteiger partial charge is 0.463 e. The van der Waals surface area contributed by atoms with Gasteiger partial charge in [-0.25, -0.2) is 0 Å². The van der Waals surface area contributed by atoms with E-state index in [0.717, 1.165) is 36.4 Å². The lowest BCUT2D eigenvalue weighted by Gasteiger charge is -2.27. The van der Waals surface area contributed by atoms with Gasteiger partial charge in [-0.2, -0.15) is 0 Å². The first-order valence-electron chi connectivity index (χ1n) is 6.27. The van der Waals surface area contributed by atoms with E-state index in [1.54, 1.807) is 0 Å². The lowest BCUT2D eigenvalue weighted by Crippen LogP contribution is -2.30. The van der Waals surface area contributed by atoms with Crippen molar-refractivity contribution < 1.29 is 9.53 Å². The quantitative estimate of drug-likeness (QED) is 0.786. The average Bonchev–Trinajstić information content (AvgIpc) is 2.34. The predicted octanol–water partition coefficient (Wildman–Crippen LogP) is 3.45. The molecule has 1 aliphatic carbocycles. The van der Waals surface area contributed by atoms with Gasteiger partial charge in [-0.15, -0.1) is 0 Å². The van der Waals surface area contributed by atoms with Crippen molar-refractivity contribution in [3.05, 3.63) is 29.3 Å². The molecule has 0 N–H and O–H groups in total. The second-order valence-electron chi connectivity index (χ2n) is 4.65. The standard InChI is InChI=1S/C14H17ClNO2/c1-10(17)18-14-8-6-13(7-9-14)16-12-4-2-11(15)3-5-12/h2-5,13-14H,6-9H2,1H3. The molecule has 0 aliphatic heterocycles. The number of hydrogen-bond donors (Lipinski definition) is 0. The van der Waals surface area contributed by atoms with Crippen LogP contribution in [-0.4, -0.2) is 18.1 Å². The molecular formula is C14H17ClNO2. The Morgan fingerprint density at radius 1 is 1.22 bits per heavy atom. The molecule has 18 heavy (non-hydrogen) atoms. The number of carbonyl (C=O) groups excluding carboxylic acids is 1. The van der Waals surface area contributed by atoms with E-state index in [1.807, 2.05) is 24.3 Å². The lowest BCUT2D eigenvalue weighted by molar-refractivity contribution is -0.147. The van der Waals surface area contributed by atoms with E-state index < -0.39 is 0 Å². The Morgan fingerprint density at radius 2 is 1.83 bits per heavy atom. The number of carbonyl (C=O) groups is 1. The van der Waals surface area contributed by atoms with E-state index in [0.29, 0.717) is 6.04 Å². The Morgan fingerprint density at radius 3 is 2.39 bits per heavy atom. The molecule has 0 heterocycles. The van der Waals surface area contributed by atoms with Crippen molar-refractivity contribution in [1.29, 1.82) is 0 Å². The molecule has 0 unspecified atom stereocenters. The van der Waals surface area contributed by atoms with Gasteiger partial charge in [0.1, 0.15) is 6.10 Å². The molecule has 1 aromatic rings. The van der Waals surface area contributed by atoms with Crippen LogP contribution in [0.5, 0.6) is 0 Å². The summed E-state index contributed by atoms with van der Waals surface area (Å²) in [6.07, 6.45) is 3.84. The van der Waals surface area contributed by atoms with Gasteiger partial charge in [0.25, 0.3) is 0 Å². The summed E-state index contributed by atoms with van der Waals surface area (Å²) in [5.41, 5.74) is 0.968. The van der Waals surface area contributed by atoms with Crippen LogP contribution in [0.4, 0.5) is 5.69 Å². The third kappa shape index (κ3) is 3.91. The first-order valence-corrected chi connectivity index (χ1v) is 6.65. The van der Waals surface area contributed by atoms with Gasteiger partial charge in [0.05, 0.1) is 11.7 Å². The predicted molar refractivity (Wildman–Crippen MR) is 71.1 cm³/mol. The van der Waals surface area contributed by atoms with Gasteiger partial charge in [0, 0.05) is 11.9 Å². The van der Waals surface area contributed by atoms with Crippen molar-refractivity contribution in [2.75, 3.05) is 0 Å². The fourth-order valence-electron chi connectivity index (χ4n) is 2.26. The van der Waals surface area contributed by atoms with Crippen LogP contribution in [0.1, 0.15) is 32.6 Å². The topological polar surface area (TPSA) is 40.4 Å². The smallest absolute Gasteiger partial charge is 0.302 e. The molecule has 4 heteroatoms. The van der Waals surface area contributed by atoms with Crippen LogP contribution in [0.25, 0.3) is 0 Å². The second-order valence-corrected chi connectivity index (χ2v) is 5.08. The van der Waals surface area contributed by atoms with Crippen molar-refractivity contribution in [3.8, 4) is 0 Å². The summed E-state index contributed by atoms with van der Waals surface area (Å²) in [6, 6.07) is 7.90. The highest BCUT2D eigenvalue weighted by atomic mass is 35.5. The van der Waals surface area contributed by atoms with E-state index in [4.69, 9.17) is 16.3 Å². The molecule has 0 spiro atoms. The molecule has 0 aromatic heterocycles. The highest BCUT2D eigenvalue weighted by molar-refractivity contribution is 6.30. The molecule has 97 valence electrons. The first-order chi connectivity index (χ1) is 8.63. The van der Waals surface area contributed by atoms with Crippen LogP contribution < -0.4 is 5.32 Å². The van der Waals surface area contributed by atoms with Gasteiger partial charge in [-0.05, 0) is 49.9 Å². The third-order valence-electron chi connectivity index (χ3n) is 3.13. The number of ether oxygens (including phenoxy) is 1. The normalized spacial score (nSPS) is 23.4. The summed E-state index contributed by atoms with van der Waals surface area (Å²) in [5, 5.41) is 5.40. The van der Waals surface area contributed by atoms with Crippen LogP contribution in [-0.2, 0) is 9.53 Å². The minimum atomic E-state index is -0.187. The molecule has 1 aromatic carbocycles. The molecule has 1 aliphatic rings. The maximum absolute atomic E-state index is 10.9. The summed E-state index contributed by atoms with van der Waals surface area (Å²) >= 11 is 5.83. The minimum absolute atomic E-state index is 0.0826. The van der Waals surface area contributed by atoms with E-state index in [9.17, 15) is 4.79 Å². The molecule has 1 radical (unpaired) electrons. The number of esters is 1. The number of hydrogen-bond acceptors (Lipinski definition) is 2. The van der Waals surface area contributed by atoms with Crippen molar-refractivity contribution in [1.82, 2.24) is 5.32 Å². The van der Waals surface area contributed by atoms with Crippen LogP contribution >= 0.6 is 11.6 Å². The van der Waals surface area contributed by atoms with Crippen molar-refractivity contribution in [2.45, 2.75) is 44.8 Å². The van der Waals surface area contributed by atoms with E-state index in [2.05, 4.69) is 5.32 Å². The van der Waals surface area contributed by atoms with Gasteiger partial charge < -0.3 is 4.74 Å². The Kier molecular flexibility index (Phi) is 4.48. The molecular weight excluding hydrogens is 250 g/mol. The van der Waals surface area contributed by atoms with Gasteiger partial charge >= 0.3 is 5.97 Å². The molecule has 1 fully saturated rings. The van der Waals surface area contributed by atoms with Crippen molar-refractivity contribution in [2.24, 2.45) is 0 Å². The van der Waals surface area contributed by atoms with Crippen LogP contribution in [0, 0.1) is 0 Å². The first kappa shape index (κ1) is 13.2. The number of rotatable bonds is 3. The summed E-state index contributed by atoms with van der Waals surface area (Å²) in [6.45, 7) is 1.46. The molecule has 0 bridgehead atoms. The lowest BCUT2D eigenvalue weighted by atomic mass is 9.93. The monoisotopic (exact) mass is 266 g/mol. The number of nitrogens with zero attached hydrogens (tertiary/aromatic N) is 1. The minimum Gasteiger partial charge on any atom is -0.463 e. The number of halogens is 1. The van der Waals surface area contributed by atoms with E-state index in [-0.39, 0.29) is 12.1 Å². The maximum Gasteiger partial charge on any atom is 0.302 e. The highest BCUT2D eigenvalue weighted by Gasteiger charge is 2.23. The number of benzene rings is 1. The fourth-order valence-corrected chi connectivity index (χ4v) is 2.39. The van der Waals surface area contributed by atoms with Gasteiger partial charge in [0.15, 0.2) is 0 Å². The summed E-state index contributed by atoms with van der Waals surface area (Å²) in [7, 11) is 0. The zero-order valence-electron chi connectivity index (χ0n) is 10.4. The molecule has 1 saturated carbocycles. The maximum atomic E-state index is 10.9. The molecule has 2 rings (SSSR count). The summed E-state index contributed by atoms with van der Waals surface area (Å²) in [4.78, 5) is 10.9. The van der Waals surface area contributed by atoms with Gasteiger partial charge in [-0.1, -0.05) is 11.6 Å². The SMILES string of the molecule is CC(=O)OC1CCC([N]c2ccc(Cl)cc2)CC1. The Hall–Kier alpha value is -1.22. The zero-order valence-corrected chi connectivity index (χ0v) is 11.2. The molecule has 0 atom stereocenters. The summed E-state index contributed by atoms with van der Waals surface area (Å²) in [5.74, 6) is -0.187. The third-order valence-corrected chi connectivity index (χ3v) is 3.39. The second kappa shape index (κ2) is 6.10. The van der Waals surface area contributed by atoms with Crippen molar-refractivity contribution >= 4 is 23.3 Å². The average molecular weight is 267 g/mol. The van der Waals surface area contributed by atoms with Crippen LogP contribution in [0.15, 0.2) is 24.3 Å². The molecule has 0 amide bonds. The fraction of sp³-hybridized carbons (Fsp3) is 0.500. The Bertz CT molecular complexity index is 397. The Balaban J connectivity index is 1.79. The zero-order chi connectivity index (χ0) is 13.0. The van der Waals surface area contributed by atoms with E-state index >= 15 is 0 Å². The highest BCUT2D eigenvalue weighted by Crippen LogP contribution is 2.25. The van der Waals surface area contributed by atoms with Crippen LogP contribution in [0.2, 0.25) is 5.02 Å². The van der Waals surface area contributed by atoms with Crippen LogP contribution in [0.3, 0.4) is 0 Å². The van der Waals surface area contributed by atoms with E-state index in [1.165, 1.54) is 6.92 Å². The Labute approximate surface area is 112 Å².